The molecule has 0 spiro atoms. The molecular formula is C27H32FN5O3. The lowest BCUT2D eigenvalue weighted by molar-refractivity contribution is -0.125. The standard InChI is InChI=1S/C27H32FN5O3/c1-35-24-8-4-21(5-9-24)25-30-27(36-31-25)33-14-11-22(12-15-33)26(34)29-16-20-10-13-32(18-20)17-19-2-6-23(28)7-3-19/h2-9,20,22H,10-18H2,1H3,(H,29,34). The summed E-state index contributed by atoms with van der Waals surface area (Å²) >= 11 is 0. The molecule has 2 fully saturated rings. The van der Waals surface area contributed by atoms with E-state index in [1.54, 1.807) is 7.11 Å². The van der Waals surface area contributed by atoms with Crippen LogP contribution in [0.25, 0.3) is 11.4 Å². The van der Waals surface area contributed by atoms with Crippen LogP contribution in [0.4, 0.5) is 10.4 Å². The second-order valence-corrected chi connectivity index (χ2v) is 9.65. The van der Waals surface area contributed by atoms with Gasteiger partial charge in [0.2, 0.25) is 11.7 Å². The highest BCUT2D eigenvalue weighted by Gasteiger charge is 2.29. The maximum atomic E-state index is 13.1. The molecule has 3 heterocycles. The zero-order chi connectivity index (χ0) is 24.9. The van der Waals surface area contributed by atoms with Crippen molar-refractivity contribution in [1.82, 2.24) is 20.4 Å². The van der Waals surface area contributed by atoms with Crippen LogP contribution in [0.2, 0.25) is 0 Å². The van der Waals surface area contributed by atoms with Gasteiger partial charge in [-0.3, -0.25) is 9.69 Å². The Morgan fingerprint density at radius 3 is 2.56 bits per heavy atom. The summed E-state index contributed by atoms with van der Waals surface area (Å²) in [5.74, 6) is 1.69. The number of rotatable bonds is 8. The molecule has 5 rings (SSSR count). The van der Waals surface area contributed by atoms with E-state index in [9.17, 15) is 9.18 Å². The van der Waals surface area contributed by atoms with Crippen molar-refractivity contribution in [3.05, 3.63) is 59.9 Å². The minimum atomic E-state index is -0.206. The SMILES string of the molecule is COc1ccc(-c2noc(N3CCC(C(=O)NCC4CCN(Cc5ccc(F)cc5)C4)CC3)n2)cc1. The Balaban J connectivity index is 1.04. The summed E-state index contributed by atoms with van der Waals surface area (Å²) in [4.78, 5) is 21.8. The fraction of sp³-hybridized carbons (Fsp3) is 0.444. The molecule has 1 N–H and O–H groups in total. The summed E-state index contributed by atoms with van der Waals surface area (Å²) in [7, 11) is 1.63. The van der Waals surface area contributed by atoms with Crippen LogP contribution in [0, 0.1) is 17.7 Å². The number of aromatic nitrogens is 2. The second kappa shape index (κ2) is 11.1. The van der Waals surface area contributed by atoms with Crippen LogP contribution in [-0.4, -0.2) is 60.8 Å². The molecule has 1 atom stereocenters. The first-order valence-electron chi connectivity index (χ1n) is 12.5. The normalized spacial score (nSPS) is 18.9. The fourth-order valence-corrected chi connectivity index (χ4v) is 4.99. The Hall–Kier alpha value is -3.46. The van der Waals surface area contributed by atoms with E-state index < -0.39 is 0 Å². The number of hydrogen-bond donors (Lipinski definition) is 1. The van der Waals surface area contributed by atoms with Gasteiger partial charge in [0.15, 0.2) is 0 Å². The van der Waals surface area contributed by atoms with Crippen LogP contribution >= 0.6 is 0 Å². The van der Waals surface area contributed by atoms with Gasteiger partial charge in [-0.05, 0) is 73.7 Å². The third-order valence-corrected chi connectivity index (χ3v) is 7.15. The molecule has 36 heavy (non-hydrogen) atoms. The minimum absolute atomic E-state index is 0.00181. The Morgan fingerprint density at radius 2 is 1.83 bits per heavy atom. The highest BCUT2D eigenvalue weighted by Crippen LogP contribution is 2.26. The summed E-state index contributed by atoms with van der Waals surface area (Å²) in [6.45, 7) is 4.88. The zero-order valence-electron chi connectivity index (χ0n) is 20.5. The molecule has 0 aliphatic carbocycles. The van der Waals surface area contributed by atoms with Gasteiger partial charge in [0, 0.05) is 44.2 Å². The molecule has 0 radical (unpaired) electrons. The van der Waals surface area contributed by atoms with E-state index in [-0.39, 0.29) is 17.6 Å². The number of ether oxygens (including phenoxy) is 1. The van der Waals surface area contributed by atoms with E-state index >= 15 is 0 Å². The molecular weight excluding hydrogens is 461 g/mol. The minimum Gasteiger partial charge on any atom is -0.497 e. The topological polar surface area (TPSA) is 83.7 Å². The summed E-state index contributed by atoms with van der Waals surface area (Å²) < 4.78 is 23.8. The zero-order valence-corrected chi connectivity index (χ0v) is 20.5. The first-order chi connectivity index (χ1) is 17.6. The van der Waals surface area contributed by atoms with Crippen molar-refractivity contribution in [1.29, 1.82) is 0 Å². The van der Waals surface area contributed by atoms with Crippen molar-refractivity contribution < 1.29 is 18.4 Å². The maximum absolute atomic E-state index is 13.1. The van der Waals surface area contributed by atoms with Gasteiger partial charge in [-0.1, -0.05) is 17.3 Å². The predicted molar refractivity (Wildman–Crippen MR) is 134 cm³/mol. The van der Waals surface area contributed by atoms with E-state index in [4.69, 9.17) is 9.26 Å². The van der Waals surface area contributed by atoms with Gasteiger partial charge in [-0.15, -0.1) is 0 Å². The Labute approximate surface area is 210 Å². The van der Waals surface area contributed by atoms with Crippen molar-refractivity contribution >= 4 is 11.9 Å². The van der Waals surface area contributed by atoms with Gasteiger partial charge >= 0.3 is 6.01 Å². The molecule has 1 amide bonds. The quantitative estimate of drug-likeness (QED) is 0.512. The van der Waals surface area contributed by atoms with Crippen molar-refractivity contribution in [3.8, 4) is 17.1 Å². The molecule has 190 valence electrons. The number of amides is 1. The highest BCUT2D eigenvalue weighted by molar-refractivity contribution is 5.79. The second-order valence-electron chi connectivity index (χ2n) is 9.65. The molecule has 2 aromatic carbocycles. The smallest absolute Gasteiger partial charge is 0.324 e. The number of methoxy groups -OCH3 is 1. The lowest BCUT2D eigenvalue weighted by atomic mass is 9.96. The van der Waals surface area contributed by atoms with Gasteiger partial charge in [-0.25, -0.2) is 4.39 Å². The van der Waals surface area contributed by atoms with Gasteiger partial charge < -0.3 is 19.5 Å². The molecule has 0 saturated carbocycles. The van der Waals surface area contributed by atoms with Crippen LogP contribution in [0.15, 0.2) is 53.1 Å². The average Bonchev–Trinajstić information content (AvgIpc) is 3.59. The van der Waals surface area contributed by atoms with Crippen molar-refractivity contribution in [2.24, 2.45) is 11.8 Å². The number of carbonyl (C=O) groups excluding carboxylic acids is 1. The maximum Gasteiger partial charge on any atom is 0.324 e. The van der Waals surface area contributed by atoms with Gasteiger partial charge in [0.25, 0.3) is 0 Å². The molecule has 2 saturated heterocycles. The summed E-state index contributed by atoms with van der Waals surface area (Å²) in [5, 5.41) is 7.29. The summed E-state index contributed by atoms with van der Waals surface area (Å²) in [6, 6.07) is 14.7. The van der Waals surface area contributed by atoms with Gasteiger partial charge in [0.05, 0.1) is 7.11 Å². The number of anilines is 1. The van der Waals surface area contributed by atoms with Gasteiger partial charge in [0.1, 0.15) is 11.6 Å². The van der Waals surface area contributed by atoms with Crippen LogP contribution in [0.3, 0.4) is 0 Å². The largest absolute Gasteiger partial charge is 0.497 e. The van der Waals surface area contributed by atoms with E-state index in [0.717, 1.165) is 55.8 Å². The fourth-order valence-electron chi connectivity index (χ4n) is 4.99. The Bertz CT molecular complexity index is 1140. The number of likely N-dealkylation sites (tertiary alicyclic amines) is 1. The van der Waals surface area contributed by atoms with E-state index in [0.29, 0.717) is 37.4 Å². The van der Waals surface area contributed by atoms with Crippen LogP contribution in [-0.2, 0) is 11.3 Å². The van der Waals surface area contributed by atoms with Crippen molar-refractivity contribution in [2.45, 2.75) is 25.8 Å². The average molecular weight is 494 g/mol. The lowest BCUT2D eigenvalue weighted by Gasteiger charge is -2.30. The number of benzene rings is 2. The number of nitrogens with one attached hydrogen (secondary N) is 1. The Morgan fingerprint density at radius 1 is 1.08 bits per heavy atom. The molecule has 9 heteroatoms. The predicted octanol–water partition coefficient (Wildman–Crippen LogP) is 3.74. The highest BCUT2D eigenvalue weighted by atomic mass is 19.1. The molecule has 3 aromatic rings. The van der Waals surface area contributed by atoms with E-state index in [2.05, 4.69) is 20.4 Å². The van der Waals surface area contributed by atoms with Crippen LogP contribution in [0.1, 0.15) is 24.8 Å². The first kappa shape index (κ1) is 24.2. The molecule has 1 aromatic heterocycles. The van der Waals surface area contributed by atoms with Crippen molar-refractivity contribution in [2.75, 3.05) is 44.7 Å². The number of nitrogens with zero attached hydrogens (tertiary/aromatic N) is 4. The lowest BCUT2D eigenvalue weighted by Crippen LogP contribution is -2.42. The Kier molecular flexibility index (Phi) is 7.46. The van der Waals surface area contributed by atoms with E-state index in [1.807, 2.05) is 41.3 Å². The third kappa shape index (κ3) is 5.84. The molecule has 2 aliphatic heterocycles. The number of carbonyl (C=O) groups is 1. The molecule has 0 bridgehead atoms. The van der Waals surface area contributed by atoms with Crippen LogP contribution in [0.5, 0.6) is 5.75 Å². The third-order valence-electron chi connectivity index (χ3n) is 7.15. The van der Waals surface area contributed by atoms with Crippen LogP contribution < -0.4 is 15.0 Å². The number of halogens is 1. The number of piperidine rings is 1. The number of hydrogen-bond acceptors (Lipinski definition) is 7. The van der Waals surface area contributed by atoms with Crippen molar-refractivity contribution in [3.63, 3.8) is 0 Å². The first-order valence-corrected chi connectivity index (χ1v) is 12.5. The van der Waals surface area contributed by atoms with Gasteiger partial charge in [-0.2, -0.15) is 4.98 Å². The summed E-state index contributed by atoms with van der Waals surface area (Å²) in [5.41, 5.74) is 1.98. The molecule has 2 aliphatic rings. The summed E-state index contributed by atoms with van der Waals surface area (Å²) in [6.07, 6.45) is 2.58. The van der Waals surface area contributed by atoms with E-state index in [1.165, 1.54) is 12.1 Å². The molecule has 1 unspecified atom stereocenters. The monoisotopic (exact) mass is 493 g/mol. The molecule has 8 nitrogen and oxygen atoms in total.